The summed E-state index contributed by atoms with van der Waals surface area (Å²) in [5.74, 6) is 0. The number of aliphatic imine (C=N–C) groups is 1. The highest BCUT2D eigenvalue weighted by Crippen LogP contribution is 2.21. The summed E-state index contributed by atoms with van der Waals surface area (Å²) in [4.78, 5) is 4.80. The number of alkyl halides is 3. The summed E-state index contributed by atoms with van der Waals surface area (Å²) in [5.41, 5.74) is 0. The van der Waals surface area contributed by atoms with Gasteiger partial charge in [0, 0.05) is 12.8 Å². The average Bonchev–Trinajstić information content (AvgIpc) is 2.12. The zero-order valence-electron chi connectivity index (χ0n) is 5.80. The highest BCUT2D eigenvalue weighted by molar-refractivity contribution is 5.61. The molecule has 3 nitrogen and oxygen atoms in total. The summed E-state index contributed by atoms with van der Waals surface area (Å²) in [5, 5.41) is 0. The van der Waals surface area contributed by atoms with E-state index in [1.807, 2.05) is 0 Å². The van der Waals surface area contributed by atoms with Gasteiger partial charge >= 0.3 is 6.36 Å². The van der Waals surface area contributed by atoms with E-state index in [-0.39, 0.29) is 0 Å². The zero-order chi connectivity index (χ0) is 8.48. The summed E-state index contributed by atoms with van der Waals surface area (Å²) in [6, 6.07) is 0. The van der Waals surface area contributed by atoms with E-state index < -0.39 is 12.7 Å². The monoisotopic (exact) mass is 168 g/mol. The van der Waals surface area contributed by atoms with Gasteiger partial charge in [0.25, 0.3) is 0 Å². The molecule has 0 aromatic heterocycles. The fourth-order valence-electron chi connectivity index (χ4n) is 0.710. The fourth-order valence-corrected chi connectivity index (χ4v) is 0.710. The molecule has 1 unspecified atom stereocenters. The molecule has 0 aromatic carbocycles. The van der Waals surface area contributed by atoms with Crippen molar-refractivity contribution < 1.29 is 17.9 Å². The van der Waals surface area contributed by atoms with E-state index in [9.17, 15) is 13.2 Å². The Labute approximate surface area is 61.5 Å². The summed E-state index contributed by atoms with van der Waals surface area (Å²) >= 11 is 0. The van der Waals surface area contributed by atoms with Gasteiger partial charge < -0.3 is 0 Å². The fraction of sp³-hybridized carbons (Fsp3) is 0.800. The van der Waals surface area contributed by atoms with Crippen molar-refractivity contribution in [3.8, 4) is 0 Å². The molecule has 0 amide bonds. The number of hydrogen-bond acceptors (Lipinski definition) is 3. The molecular formula is C5H7F3N2O. The first-order valence-corrected chi connectivity index (χ1v) is 2.95. The Hall–Kier alpha value is -0.620. The van der Waals surface area contributed by atoms with E-state index >= 15 is 0 Å². The molecule has 0 spiro atoms. The van der Waals surface area contributed by atoms with E-state index in [4.69, 9.17) is 0 Å². The SMILES string of the molecule is CN1CC=NC1OC(F)(F)F. The Balaban J connectivity index is 2.43. The number of halogens is 3. The molecule has 0 bridgehead atoms. The van der Waals surface area contributed by atoms with Crippen molar-refractivity contribution in [1.29, 1.82) is 0 Å². The second-order valence-electron chi connectivity index (χ2n) is 2.16. The summed E-state index contributed by atoms with van der Waals surface area (Å²) in [6.07, 6.45) is -4.42. The standard InChI is InChI=1S/C5H7F3N2O/c1-10-3-2-9-4(10)11-5(6,7)8/h2,4H,3H2,1H3. The first kappa shape index (κ1) is 8.48. The van der Waals surface area contributed by atoms with E-state index in [2.05, 4.69) is 9.73 Å². The minimum atomic E-state index is -4.61. The highest BCUT2D eigenvalue weighted by atomic mass is 19.4. The summed E-state index contributed by atoms with van der Waals surface area (Å²) in [7, 11) is 1.50. The first-order chi connectivity index (χ1) is 4.99. The maximum atomic E-state index is 11.6. The summed E-state index contributed by atoms with van der Waals surface area (Å²) in [6.45, 7) is 0.390. The maximum absolute atomic E-state index is 11.6. The van der Waals surface area contributed by atoms with Crippen molar-refractivity contribution >= 4 is 6.21 Å². The van der Waals surface area contributed by atoms with Gasteiger partial charge in [-0.25, -0.2) is 4.99 Å². The smallest absolute Gasteiger partial charge is 0.257 e. The van der Waals surface area contributed by atoms with Crippen LogP contribution < -0.4 is 0 Å². The molecule has 0 radical (unpaired) electrons. The van der Waals surface area contributed by atoms with Gasteiger partial charge in [-0.15, -0.1) is 13.2 Å². The topological polar surface area (TPSA) is 24.8 Å². The molecule has 0 N–H and O–H groups in total. The van der Waals surface area contributed by atoms with Crippen molar-refractivity contribution in [3.05, 3.63) is 0 Å². The second kappa shape index (κ2) is 2.78. The Kier molecular flexibility index (Phi) is 2.15. The van der Waals surface area contributed by atoms with Crippen LogP contribution in [-0.2, 0) is 4.74 Å². The third-order valence-corrected chi connectivity index (χ3v) is 1.22. The molecule has 1 rings (SSSR count). The molecule has 0 aliphatic carbocycles. The van der Waals surface area contributed by atoms with Crippen molar-refractivity contribution in [2.45, 2.75) is 12.7 Å². The number of nitrogens with zero attached hydrogens (tertiary/aromatic N) is 2. The Morgan fingerprint density at radius 1 is 1.64 bits per heavy atom. The number of ether oxygens (including phenoxy) is 1. The quantitative estimate of drug-likeness (QED) is 0.579. The third kappa shape index (κ3) is 2.47. The number of rotatable bonds is 1. The van der Waals surface area contributed by atoms with Crippen LogP contribution >= 0.6 is 0 Å². The van der Waals surface area contributed by atoms with Gasteiger partial charge in [0.05, 0.1) is 0 Å². The van der Waals surface area contributed by atoms with Crippen molar-refractivity contribution in [2.75, 3.05) is 13.6 Å². The van der Waals surface area contributed by atoms with E-state index in [0.717, 1.165) is 0 Å². The van der Waals surface area contributed by atoms with Crippen LogP contribution in [0, 0.1) is 0 Å². The lowest BCUT2D eigenvalue weighted by atomic mass is 10.7. The first-order valence-electron chi connectivity index (χ1n) is 2.95. The largest absolute Gasteiger partial charge is 0.525 e. The molecule has 1 heterocycles. The van der Waals surface area contributed by atoms with Crippen LogP contribution in [0.25, 0.3) is 0 Å². The lowest BCUT2D eigenvalue weighted by Gasteiger charge is -2.18. The van der Waals surface area contributed by atoms with Crippen LogP contribution in [0.3, 0.4) is 0 Å². The summed E-state index contributed by atoms with van der Waals surface area (Å²) < 4.78 is 38.3. The van der Waals surface area contributed by atoms with Gasteiger partial charge in [-0.2, -0.15) is 0 Å². The second-order valence-corrected chi connectivity index (χ2v) is 2.16. The minimum absolute atomic E-state index is 0.390. The number of hydrogen-bond donors (Lipinski definition) is 0. The van der Waals surface area contributed by atoms with Crippen LogP contribution in [0.1, 0.15) is 0 Å². The molecular weight excluding hydrogens is 161 g/mol. The maximum Gasteiger partial charge on any atom is 0.525 e. The molecule has 0 saturated heterocycles. The molecule has 64 valence electrons. The van der Waals surface area contributed by atoms with Crippen molar-refractivity contribution in [3.63, 3.8) is 0 Å². The van der Waals surface area contributed by atoms with E-state index in [1.54, 1.807) is 0 Å². The average molecular weight is 168 g/mol. The predicted molar refractivity (Wildman–Crippen MR) is 32.0 cm³/mol. The van der Waals surface area contributed by atoms with Crippen LogP contribution in [-0.4, -0.2) is 37.4 Å². The normalized spacial score (nSPS) is 26.4. The van der Waals surface area contributed by atoms with Gasteiger partial charge in [0.1, 0.15) is 0 Å². The van der Waals surface area contributed by atoms with E-state index in [1.165, 1.54) is 18.2 Å². The van der Waals surface area contributed by atoms with E-state index in [0.29, 0.717) is 6.54 Å². The molecule has 11 heavy (non-hydrogen) atoms. The zero-order valence-corrected chi connectivity index (χ0v) is 5.80. The third-order valence-electron chi connectivity index (χ3n) is 1.22. The van der Waals surface area contributed by atoms with Gasteiger partial charge in [-0.05, 0) is 7.05 Å². The minimum Gasteiger partial charge on any atom is -0.257 e. The van der Waals surface area contributed by atoms with Crippen LogP contribution in [0.4, 0.5) is 13.2 Å². The molecule has 0 saturated carbocycles. The van der Waals surface area contributed by atoms with Gasteiger partial charge in [0.15, 0.2) is 0 Å². The highest BCUT2D eigenvalue weighted by Gasteiger charge is 2.35. The molecule has 0 fully saturated rings. The Bertz CT molecular complexity index is 168. The molecule has 0 aromatic rings. The predicted octanol–water partition coefficient (Wildman–Crippen LogP) is 0.823. The Morgan fingerprint density at radius 2 is 2.27 bits per heavy atom. The van der Waals surface area contributed by atoms with Crippen molar-refractivity contribution in [1.82, 2.24) is 4.90 Å². The molecule has 1 aliphatic heterocycles. The van der Waals surface area contributed by atoms with Gasteiger partial charge in [0.2, 0.25) is 6.35 Å². The molecule has 1 aliphatic rings. The Morgan fingerprint density at radius 3 is 2.64 bits per heavy atom. The molecule has 1 atom stereocenters. The van der Waals surface area contributed by atoms with Crippen LogP contribution in [0.5, 0.6) is 0 Å². The van der Waals surface area contributed by atoms with Gasteiger partial charge in [-0.3, -0.25) is 9.64 Å². The van der Waals surface area contributed by atoms with Crippen LogP contribution in [0.2, 0.25) is 0 Å². The van der Waals surface area contributed by atoms with Crippen molar-refractivity contribution in [2.24, 2.45) is 4.99 Å². The lowest BCUT2D eigenvalue weighted by Crippen LogP contribution is -2.33. The van der Waals surface area contributed by atoms with Crippen LogP contribution in [0.15, 0.2) is 4.99 Å². The lowest BCUT2D eigenvalue weighted by molar-refractivity contribution is -0.355. The van der Waals surface area contributed by atoms with Gasteiger partial charge in [-0.1, -0.05) is 0 Å². The molecule has 6 heteroatoms.